The molecule has 144 valence electrons. The molecule has 0 spiro atoms. The first-order valence-electron chi connectivity index (χ1n) is 9.34. The van der Waals surface area contributed by atoms with Crippen LogP contribution >= 0.6 is 11.8 Å². The van der Waals surface area contributed by atoms with Crippen molar-refractivity contribution < 1.29 is 9.59 Å². The molecule has 1 saturated carbocycles. The third kappa shape index (κ3) is 3.42. The van der Waals surface area contributed by atoms with E-state index in [1.165, 1.54) is 18.7 Å². The molecular weight excluding hydrogens is 372 g/mol. The highest BCUT2D eigenvalue weighted by Gasteiger charge is 2.31. The van der Waals surface area contributed by atoms with Crippen molar-refractivity contribution in [2.75, 3.05) is 5.75 Å². The molecule has 3 aromatic rings. The fourth-order valence-corrected chi connectivity index (χ4v) is 4.39. The number of nitrogens with one attached hydrogen (secondary N) is 1. The van der Waals surface area contributed by atoms with Crippen LogP contribution in [0.5, 0.6) is 0 Å². The van der Waals surface area contributed by atoms with E-state index in [2.05, 4.69) is 19.7 Å². The van der Waals surface area contributed by atoms with Gasteiger partial charge in [0.25, 0.3) is 0 Å². The van der Waals surface area contributed by atoms with Gasteiger partial charge in [0, 0.05) is 22.9 Å². The molecule has 6 nitrogen and oxygen atoms in total. The van der Waals surface area contributed by atoms with E-state index in [4.69, 9.17) is 0 Å². The number of nitrogens with zero attached hydrogens (tertiary/aromatic N) is 3. The zero-order valence-corrected chi connectivity index (χ0v) is 17.0. The maximum Gasteiger partial charge on any atom is 0.196 e. The maximum absolute atomic E-state index is 12.8. The minimum Gasteiger partial charge on any atom is -0.355 e. The Hall–Kier alpha value is -2.67. The van der Waals surface area contributed by atoms with Crippen molar-refractivity contribution in [3.63, 3.8) is 0 Å². The summed E-state index contributed by atoms with van der Waals surface area (Å²) in [5, 5.41) is 9.46. The van der Waals surface area contributed by atoms with Gasteiger partial charge in [0.2, 0.25) is 0 Å². The van der Waals surface area contributed by atoms with E-state index in [9.17, 15) is 9.59 Å². The number of aromatic amines is 1. The van der Waals surface area contributed by atoms with Crippen molar-refractivity contribution in [1.82, 2.24) is 19.7 Å². The number of para-hydroxylation sites is 1. The monoisotopic (exact) mass is 394 g/mol. The maximum atomic E-state index is 12.8. The number of aromatic nitrogens is 4. The topological polar surface area (TPSA) is 80.6 Å². The van der Waals surface area contributed by atoms with Crippen LogP contribution in [0.25, 0.3) is 5.69 Å². The quantitative estimate of drug-likeness (QED) is 0.478. The molecule has 1 fully saturated rings. The molecule has 4 rings (SSSR count). The van der Waals surface area contributed by atoms with Crippen LogP contribution in [-0.2, 0) is 0 Å². The van der Waals surface area contributed by atoms with Crippen LogP contribution in [0, 0.1) is 13.8 Å². The van der Waals surface area contributed by atoms with Gasteiger partial charge in [-0.2, -0.15) is 0 Å². The Morgan fingerprint density at radius 2 is 1.89 bits per heavy atom. The third-order valence-electron chi connectivity index (χ3n) is 5.02. The Balaban J connectivity index is 1.59. The molecule has 28 heavy (non-hydrogen) atoms. The van der Waals surface area contributed by atoms with E-state index in [1.807, 2.05) is 44.2 Å². The van der Waals surface area contributed by atoms with Crippen LogP contribution in [0.15, 0.2) is 35.5 Å². The number of thioether (sulfide) groups is 1. The Labute approximate surface area is 167 Å². The molecule has 1 N–H and O–H groups in total. The summed E-state index contributed by atoms with van der Waals surface area (Å²) >= 11 is 1.38. The molecule has 1 aromatic carbocycles. The summed E-state index contributed by atoms with van der Waals surface area (Å²) in [5.41, 5.74) is 3.58. The second kappa shape index (κ2) is 7.39. The van der Waals surface area contributed by atoms with Crippen molar-refractivity contribution in [3.8, 4) is 5.69 Å². The molecule has 2 aromatic heterocycles. The first kappa shape index (κ1) is 18.7. The van der Waals surface area contributed by atoms with Gasteiger partial charge in [0.1, 0.15) is 5.82 Å². The summed E-state index contributed by atoms with van der Waals surface area (Å²) in [4.78, 5) is 27.7. The van der Waals surface area contributed by atoms with Gasteiger partial charge in [-0.1, -0.05) is 30.0 Å². The molecule has 2 heterocycles. The van der Waals surface area contributed by atoms with Gasteiger partial charge in [0.05, 0.1) is 11.4 Å². The lowest BCUT2D eigenvalue weighted by molar-refractivity contribution is 0.101. The van der Waals surface area contributed by atoms with Gasteiger partial charge in [-0.15, -0.1) is 10.2 Å². The zero-order chi connectivity index (χ0) is 19.8. The smallest absolute Gasteiger partial charge is 0.196 e. The first-order valence-corrected chi connectivity index (χ1v) is 10.3. The SMILES string of the molecule is CC(=O)c1c(C)[nH]c(C(=O)CSc2nnc(C3CC3)n2-c2ccccc2)c1C. The van der Waals surface area contributed by atoms with E-state index in [1.54, 1.807) is 0 Å². The average Bonchev–Trinajstić information content (AvgIpc) is 3.36. The molecule has 0 radical (unpaired) electrons. The summed E-state index contributed by atoms with van der Waals surface area (Å²) in [7, 11) is 0. The summed E-state index contributed by atoms with van der Waals surface area (Å²) in [6, 6.07) is 10.0. The molecule has 1 aliphatic carbocycles. The number of hydrogen-bond donors (Lipinski definition) is 1. The second-order valence-electron chi connectivity index (χ2n) is 7.18. The van der Waals surface area contributed by atoms with Gasteiger partial charge in [-0.25, -0.2) is 0 Å². The van der Waals surface area contributed by atoms with Gasteiger partial charge in [-0.3, -0.25) is 14.2 Å². The number of Topliss-reactive ketones (excluding diaryl/α,β-unsaturated/α-hetero) is 2. The van der Waals surface area contributed by atoms with Crippen molar-refractivity contribution in [1.29, 1.82) is 0 Å². The highest BCUT2D eigenvalue weighted by Crippen LogP contribution is 2.41. The van der Waals surface area contributed by atoms with Crippen LogP contribution < -0.4 is 0 Å². The fourth-order valence-electron chi connectivity index (χ4n) is 3.56. The number of aryl methyl sites for hydroxylation is 1. The number of benzene rings is 1. The second-order valence-corrected chi connectivity index (χ2v) is 8.12. The highest BCUT2D eigenvalue weighted by atomic mass is 32.2. The Morgan fingerprint density at radius 1 is 1.18 bits per heavy atom. The lowest BCUT2D eigenvalue weighted by Gasteiger charge is -2.09. The summed E-state index contributed by atoms with van der Waals surface area (Å²) in [5.74, 6) is 1.56. The molecule has 0 amide bonds. The Morgan fingerprint density at radius 3 is 2.50 bits per heavy atom. The van der Waals surface area contributed by atoms with Crippen molar-refractivity contribution in [2.45, 2.75) is 44.7 Å². The number of carbonyl (C=O) groups is 2. The Kier molecular flexibility index (Phi) is 4.93. The molecule has 7 heteroatoms. The van der Waals surface area contributed by atoms with E-state index in [0.717, 1.165) is 35.6 Å². The molecule has 0 aliphatic heterocycles. The lowest BCUT2D eigenvalue weighted by atomic mass is 10.1. The summed E-state index contributed by atoms with van der Waals surface area (Å²) in [6.07, 6.45) is 2.26. The normalized spacial score (nSPS) is 13.7. The van der Waals surface area contributed by atoms with Gasteiger partial charge < -0.3 is 4.98 Å². The number of rotatable bonds is 7. The van der Waals surface area contributed by atoms with Crippen LogP contribution in [0.3, 0.4) is 0 Å². The highest BCUT2D eigenvalue weighted by molar-refractivity contribution is 7.99. The van der Waals surface area contributed by atoms with Crippen LogP contribution in [0.2, 0.25) is 0 Å². The molecular formula is C21H22N4O2S. The predicted octanol–water partition coefficient (Wildman–Crippen LogP) is 4.27. The number of H-pyrrole nitrogens is 1. The number of carbonyl (C=O) groups excluding carboxylic acids is 2. The minimum absolute atomic E-state index is 0.0316. The molecule has 0 saturated heterocycles. The van der Waals surface area contributed by atoms with E-state index in [-0.39, 0.29) is 17.3 Å². The lowest BCUT2D eigenvalue weighted by Crippen LogP contribution is -2.07. The molecule has 0 unspecified atom stereocenters. The Bertz CT molecular complexity index is 1050. The molecule has 0 bridgehead atoms. The van der Waals surface area contributed by atoms with Crippen LogP contribution in [0.1, 0.15) is 63.6 Å². The van der Waals surface area contributed by atoms with E-state index < -0.39 is 0 Å². The predicted molar refractivity (Wildman–Crippen MR) is 109 cm³/mol. The number of hydrogen-bond acceptors (Lipinski definition) is 5. The van der Waals surface area contributed by atoms with Gasteiger partial charge >= 0.3 is 0 Å². The van der Waals surface area contributed by atoms with Crippen LogP contribution in [-0.4, -0.2) is 37.1 Å². The van der Waals surface area contributed by atoms with Crippen LogP contribution in [0.4, 0.5) is 0 Å². The minimum atomic E-state index is -0.0475. The summed E-state index contributed by atoms with van der Waals surface area (Å²) < 4.78 is 2.06. The molecule has 0 atom stereocenters. The summed E-state index contributed by atoms with van der Waals surface area (Å²) in [6.45, 7) is 5.16. The van der Waals surface area contributed by atoms with E-state index >= 15 is 0 Å². The van der Waals surface area contributed by atoms with Gasteiger partial charge in [0.15, 0.2) is 16.7 Å². The van der Waals surface area contributed by atoms with E-state index in [0.29, 0.717) is 22.3 Å². The fraction of sp³-hybridized carbons (Fsp3) is 0.333. The van der Waals surface area contributed by atoms with Crippen molar-refractivity contribution in [2.24, 2.45) is 0 Å². The standard InChI is InChI=1S/C21H22N4O2S/c1-12-18(14(3)26)13(2)22-19(12)17(27)11-28-21-24-23-20(15-9-10-15)25(21)16-7-5-4-6-8-16/h4-8,15,22H,9-11H2,1-3H3. The largest absolute Gasteiger partial charge is 0.355 e. The third-order valence-corrected chi connectivity index (χ3v) is 5.94. The van der Waals surface area contributed by atoms with Crippen molar-refractivity contribution in [3.05, 3.63) is 58.7 Å². The molecule has 1 aliphatic rings. The number of ketones is 2. The zero-order valence-electron chi connectivity index (χ0n) is 16.2. The average molecular weight is 395 g/mol. The van der Waals surface area contributed by atoms with Gasteiger partial charge in [-0.05, 0) is 51.3 Å². The van der Waals surface area contributed by atoms with Crippen molar-refractivity contribution >= 4 is 23.3 Å². The first-order chi connectivity index (χ1) is 13.5.